The van der Waals surface area contributed by atoms with Crippen LogP contribution in [0.3, 0.4) is 0 Å². The van der Waals surface area contributed by atoms with Crippen molar-refractivity contribution in [2.24, 2.45) is 0 Å². The normalized spacial score (nSPS) is 12.3. The van der Waals surface area contributed by atoms with Crippen LogP contribution in [-0.4, -0.2) is 87.2 Å². The molecule has 0 radical (unpaired) electrons. The third-order valence-electron chi connectivity index (χ3n) is 8.29. The van der Waals surface area contributed by atoms with Crippen LogP contribution in [0.15, 0.2) is 135 Å². The van der Waals surface area contributed by atoms with Crippen LogP contribution >= 0.6 is 0 Å². The van der Waals surface area contributed by atoms with Gasteiger partial charge in [-0.15, -0.1) is 20.4 Å². The number of rotatable bonds is 10. The van der Waals surface area contributed by atoms with Crippen LogP contribution in [0.25, 0.3) is 67.9 Å². The summed E-state index contributed by atoms with van der Waals surface area (Å²) in [6.45, 7) is 0. The summed E-state index contributed by atoms with van der Waals surface area (Å²) in [6.07, 6.45) is 1.37. The first-order valence-corrected chi connectivity index (χ1v) is 21.6. The lowest BCUT2D eigenvalue weighted by Crippen LogP contribution is -2.04. The quantitative estimate of drug-likeness (QED) is 0.178. The molecule has 19 nitrogen and oxygen atoms in total. The van der Waals surface area contributed by atoms with Crippen molar-refractivity contribution in [2.75, 3.05) is 0 Å². The molecule has 0 aliphatic heterocycles. The molecule has 0 unspecified atom stereocenters. The third kappa shape index (κ3) is 8.50. The standard InChI is InChI=1S/C35H23N7O12S4/c43-55(44,45)25-9-1-20(2-10-25)30-32(22-5-13-27(14-6-22)57(49,50)51)39-41-34(37-30)24-17-18-36-29(19-24)35-38-31(21-3-11-26(12-4-21)56(46,47)48)33(40-42-35)23-7-15-28(16-8-23)58(52,53)54/h1-19H,(H,43,44,45)(H,46,47,48)(H,49,50,51)(H,52,53,54)/p-4. The van der Waals surface area contributed by atoms with Gasteiger partial charge in [0.2, 0.25) is 5.82 Å². The second-order valence-electron chi connectivity index (χ2n) is 12.0. The molecule has 0 spiro atoms. The molecule has 0 atom stereocenters. The summed E-state index contributed by atoms with van der Waals surface area (Å²) < 4.78 is 139. The SMILES string of the molecule is O=S(=O)([O-])c1ccc(-c2nnc(-c3ccnc(-c4nnc(-c5ccc(S(=O)(=O)[O-])cc5)c(-c5ccc(S(=O)(=O)[O-])cc5)n4)c3)nc2-c2ccc(S(=O)(=O)[O-])cc2)cc1. The fourth-order valence-electron chi connectivity index (χ4n) is 5.48. The van der Waals surface area contributed by atoms with Crippen molar-refractivity contribution in [3.8, 4) is 67.9 Å². The van der Waals surface area contributed by atoms with E-state index in [0.29, 0.717) is 5.56 Å². The van der Waals surface area contributed by atoms with Gasteiger partial charge in [-0.2, -0.15) is 0 Å². The molecular formula is C35H19N7O12S4-4. The average Bonchev–Trinajstić information content (AvgIpc) is 3.19. The predicted octanol–water partition coefficient (Wildman–Crippen LogP) is 3.07. The van der Waals surface area contributed by atoms with E-state index in [1.807, 2.05) is 0 Å². The monoisotopic (exact) mass is 857 g/mol. The van der Waals surface area contributed by atoms with Gasteiger partial charge in [-0.3, -0.25) is 4.98 Å². The van der Waals surface area contributed by atoms with Gasteiger partial charge in [0.1, 0.15) is 68.9 Å². The number of pyridine rings is 1. The van der Waals surface area contributed by atoms with Crippen LogP contribution in [0.2, 0.25) is 0 Å². The van der Waals surface area contributed by atoms with Crippen LogP contribution in [0.4, 0.5) is 0 Å². The van der Waals surface area contributed by atoms with Gasteiger partial charge in [-0.05, 0) is 60.7 Å². The Hall–Kier alpha value is -6.31. The maximum Gasteiger partial charge on any atom is 0.201 e. The molecule has 7 aromatic rings. The second kappa shape index (κ2) is 14.9. The van der Waals surface area contributed by atoms with Crippen molar-refractivity contribution in [2.45, 2.75) is 19.6 Å². The van der Waals surface area contributed by atoms with Crippen molar-refractivity contribution in [1.82, 2.24) is 35.3 Å². The molecule has 0 saturated carbocycles. The lowest BCUT2D eigenvalue weighted by Gasteiger charge is -2.13. The van der Waals surface area contributed by atoms with E-state index in [4.69, 9.17) is 0 Å². The van der Waals surface area contributed by atoms with E-state index >= 15 is 0 Å². The third-order valence-corrected chi connectivity index (χ3v) is 11.7. The largest absolute Gasteiger partial charge is 0.744 e. The van der Waals surface area contributed by atoms with Crippen LogP contribution in [-0.2, 0) is 40.5 Å². The highest BCUT2D eigenvalue weighted by molar-refractivity contribution is 7.86. The fraction of sp³-hybridized carbons (Fsp3) is 0. The van der Waals surface area contributed by atoms with E-state index in [2.05, 4.69) is 35.3 Å². The van der Waals surface area contributed by atoms with Gasteiger partial charge < -0.3 is 18.2 Å². The van der Waals surface area contributed by atoms with E-state index in [1.54, 1.807) is 0 Å². The Bertz CT molecular complexity index is 2980. The van der Waals surface area contributed by atoms with Crippen molar-refractivity contribution < 1.29 is 51.9 Å². The smallest absolute Gasteiger partial charge is 0.201 e. The molecule has 0 amide bonds. The molecule has 4 aromatic carbocycles. The highest BCUT2D eigenvalue weighted by atomic mass is 32.2. The molecule has 58 heavy (non-hydrogen) atoms. The first-order valence-electron chi connectivity index (χ1n) is 16.0. The molecule has 0 N–H and O–H groups in total. The predicted molar refractivity (Wildman–Crippen MR) is 195 cm³/mol. The van der Waals surface area contributed by atoms with Gasteiger partial charge in [-0.1, -0.05) is 48.5 Å². The first-order chi connectivity index (χ1) is 27.3. The molecule has 294 valence electrons. The van der Waals surface area contributed by atoms with Crippen LogP contribution in [0.5, 0.6) is 0 Å². The Labute approximate surface area is 329 Å². The fourth-order valence-corrected chi connectivity index (χ4v) is 7.36. The topological polar surface area (TPSA) is 319 Å². The summed E-state index contributed by atoms with van der Waals surface area (Å²) in [7, 11) is -19.2. The number of hydrogen-bond donors (Lipinski definition) is 0. The Morgan fingerprint density at radius 3 is 1.00 bits per heavy atom. The number of nitrogens with zero attached hydrogens (tertiary/aromatic N) is 7. The van der Waals surface area contributed by atoms with Crippen molar-refractivity contribution in [3.63, 3.8) is 0 Å². The molecule has 0 aliphatic carbocycles. The van der Waals surface area contributed by atoms with Gasteiger partial charge in [0.25, 0.3) is 0 Å². The van der Waals surface area contributed by atoms with Gasteiger partial charge in [0.15, 0.2) is 5.82 Å². The first kappa shape index (κ1) is 39.9. The second-order valence-corrected chi connectivity index (χ2v) is 17.5. The van der Waals surface area contributed by atoms with Crippen molar-refractivity contribution in [3.05, 3.63) is 115 Å². The van der Waals surface area contributed by atoms with Gasteiger partial charge in [-0.25, -0.2) is 43.6 Å². The molecule has 0 fully saturated rings. The number of hydrogen-bond acceptors (Lipinski definition) is 19. The maximum absolute atomic E-state index is 11.6. The summed E-state index contributed by atoms with van der Waals surface area (Å²) >= 11 is 0. The molecule has 0 aliphatic rings. The lowest BCUT2D eigenvalue weighted by atomic mass is 10.0. The van der Waals surface area contributed by atoms with Gasteiger partial charge >= 0.3 is 0 Å². The summed E-state index contributed by atoms with van der Waals surface area (Å²) in [5.74, 6) is -0.0817. The zero-order valence-electron chi connectivity index (χ0n) is 28.6. The Morgan fingerprint density at radius 1 is 0.345 bits per heavy atom. The van der Waals surface area contributed by atoms with E-state index in [-0.39, 0.29) is 62.4 Å². The lowest BCUT2D eigenvalue weighted by molar-refractivity contribution is 0.461. The van der Waals surface area contributed by atoms with E-state index in [0.717, 1.165) is 48.5 Å². The molecular weight excluding hydrogens is 839 g/mol. The minimum atomic E-state index is -4.80. The molecule has 3 heterocycles. The van der Waals surface area contributed by atoms with Crippen molar-refractivity contribution >= 4 is 40.5 Å². The van der Waals surface area contributed by atoms with Gasteiger partial charge in [0, 0.05) is 34.0 Å². The zero-order valence-corrected chi connectivity index (χ0v) is 31.9. The van der Waals surface area contributed by atoms with Crippen LogP contribution < -0.4 is 0 Å². The Balaban J connectivity index is 1.34. The van der Waals surface area contributed by atoms with Crippen LogP contribution in [0.1, 0.15) is 0 Å². The molecule has 0 bridgehead atoms. The molecule has 3 aromatic heterocycles. The van der Waals surface area contributed by atoms with E-state index < -0.39 is 60.1 Å². The summed E-state index contributed by atoms with van der Waals surface area (Å²) in [6, 6.07) is 22.0. The minimum absolute atomic E-state index is 0.00527. The molecule has 7 rings (SSSR count). The summed E-state index contributed by atoms with van der Waals surface area (Å²) in [5.41, 5.74) is 1.87. The van der Waals surface area contributed by atoms with E-state index in [9.17, 15) is 51.9 Å². The number of benzene rings is 4. The Kier molecular flexibility index (Phi) is 10.2. The van der Waals surface area contributed by atoms with Gasteiger partial charge in [0.05, 0.1) is 19.6 Å². The maximum atomic E-state index is 11.6. The zero-order chi connectivity index (χ0) is 41.6. The molecule has 0 saturated heterocycles. The van der Waals surface area contributed by atoms with Crippen molar-refractivity contribution in [1.29, 1.82) is 0 Å². The molecule has 23 heteroatoms. The highest BCUT2D eigenvalue weighted by Gasteiger charge is 2.20. The highest BCUT2D eigenvalue weighted by Crippen LogP contribution is 2.34. The van der Waals surface area contributed by atoms with Crippen LogP contribution in [0, 0.1) is 0 Å². The summed E-state index contributed by atoms with van der Waals surface area (Å²) in [5, 5.41) is 17.0. The minimum Gasteiger partial charge on any atom is -0.744 e. The average molecular weight is 858 g/mol. The Morgan fingerprint density at radius 2 is 0.655 bits per heavy atom. The van der Waals surface area contributed by atoms with E-state index in [1.165, 1.54) is 66.9 Å². The number of aromatic nitrogens is 7. The summed E-state index contributed by atoms with van der Waals surface area (Å²) in [4.78, 5) is 11.6.